The molecule has 0 rings (SSSR count). The summed E-state index contributed by atoms with van der Waals surface area (Å²) in [5, 5.41) is 3.02. The zero-order valence-corrected chi connectivity index (χ0v) is 47.4. The first-order valence-corrected chi connectivity index (χ1v) is 31.1. The molecule has 0 radical (unpaired) electrons. The van der Waals surface area contributed by atoms with Gasteiger partial charge in [0, 0.05) is 12.8 Å². The van der Waals surface area contributed by atoms with E-state index in [2.05, 4.69) is 38.2 Å². The Morgan fingerprint density at radius 2 is 0.841 bits per heavy atom. The van der Waals surface area contributed by atoms with Gasteiger partial charge >= 0.3 is 5.97 Å². The van der Waals surface area contributed by atoms with Crippen molar-refractivity contribution < 1.29 is 37.3 Å². The van der Waals surface area contributed by atoms with Crippen LogP contribution < -0.4 is 10.2 Å². The summed E-state index contributed by atoms with van der Waals surface area (Å²) in [7, 11) is 1.19. The first kappa shape index (κ1) is 67.5. The van der Waals surface area contributed by atoms with Gasteiger partial charge in [0.2, 0.25) is 5.91 Å². The summed E-state index contributed by atoms with van der Waals surface area (Å²) in [6.07, 6.45) is 57.2. The summed E-state index contributed by atoms with van der Waals surface area (Å²) < 4.78 is 30.2. The number of rotatable bonds is 54. The van der Waals surface area contributed by atoms with E-state index in [1.165, 1.54) is 186 Å². The van der Waals surface area contributed by atoms with E-state index in [4.69, 9.17) is 13.8 Å². The number of ether oxygens (including phenoxy) is 1. The Labute approximate surface area is 428 Å². The quantitative estimate of drug-likeness (QED) is 0.0212. The molecular formula is C59H115N2O7P. The van der Waals surface area contributed by atoms with Gasteiger partial charge in [0.25, 0.3) is 7.82 Å². The van der Waals surface area contributed by atoms with Crippen LogP contribution in [0.1, 0.15) is 290 Å². The zero-order chi connectivity index (χ0) is 50.8. The molecule has 10 heteroatoms. The fourth-order valence-corrected chi connectivity index (χ4v) is 9.48. The second-order valence-corrected chi connectivity index (χ2v) is 22.9. The molecule has 9 nitrogen and oxygen atoms in total. The van der Waals surface area contributed by atoms with Gasteiger partial charge in [0.1, 0.15) is 19.3 Å². The van der Waals surface area contributed by atoms with E-state index in [-0.39, 0.29) is 31.5 Å². The van der Waals surface area contributed by atoms with Crippen molar-refractivity contribution in [3.8, 4) is 0 Å². The van der Waals surface area contributed by atoms with Crippen molar-refractivity contribution in [1.82, 2.24) is 5.32 Å². The number of carbonyl (C=O) groups is 2. The average molecular weight is 996 g/mol. The number of esters is 1. The van der Waals surface area contributed by atoms with Crippen LogP contribution in [0, 0.1) is 0 Å². The topological polar surface area (TPSA) is 114 Å². The smallest absolute Gasteiger partial charge is 0.306 e. The van der Waals surface area contributed by atoms with Gasteiger partial charge < -0.3 is 28.5 Å². The average Bonchev–Trinajstić information content (AvgIpc) is 3.31. The van der Waals surface area contributed by atoms with Crippen molar-refractivity contribution in [2.24, 2.45) is 0 Å². The number of phosphoric ester groups is 1. The predicted molar refractivity (Wildman–Crippen MR) is 293 cm³/mol. The van der Waals surface area contributed by atoms with Gasteiger partial charge in [-0.2, -0.15) is 0 Å². The van der Waals surface area contributed by atoms with Crippen LogP contribution >= 0.6 is 7.82 Å². The van der Waals surface area contributed by atoms with Crippen LogP contribution in [0.15, 0.2) is 24.3 Å². The lowest BCUT2D eigenvalue weighted by Crippen LogP contribution is -2.47. The highest BCUT2D eigenvalue weighted by Crippen LogP contribution is 2.38. The number of unbranched alkanes of at least 4 members (excludes halogenated alkanes) is 36. The minimum Gasteiger partial charge on any atom is -0.756 e. The molecule has 1 amide bonds. The number of likely N-dealkylation sites (N-methyl/N-ethyl adjacent to an activating group) is 1. The van der Waals surface area contributed by atoms with Gasteiger partial charge in [-0.15, -0.1) is 0 Å². The van der Waals surface area contributed by atoms with Crippen molar-refractivity contribution in [2.75, 3.05) is 40.9 Å². The molecule has 0 bridgehead atoms. The molecule has 0 aromatic heterocycles. The van der Waals surface area contributed by atoms with Crippen molar-refractivity contribution >= 4 is 19.7 Å². The third-order valence-corrected chi connectivity index (χ3v) is 14.3. The first-order valence-electron chi connectivity index (χ1n) is 29.6. The number of amides is 1. The van der Waals surface area contributed by atoms with Gasteiger partial charge in [-0.1, -0.05) is 244 Å². The molecule has 0 aliphatic carbocycles. The Morgan fingerprint density at radius 1 is 0.493 bits per heavy atom. The fourth-order valence-electron chi connectivity index (χ4n) is 8.75. The van der Waals surface area contributed by atoms with Crippen LogP contribution in [0.5, 0.6) is 0 Å². The van der Waals surface area contributed by atoms with Crippen LogP contribution in [0.4, 0.5) is 0 Å². The molecule has 0 aliphatic rings. The van der Waals surface area contributed by atoms with E-state index < -0.39 is 20.0 Å². The number of hydrogen-bond acceptors (Lipinski definition) is 7. The molecule has 0 aromatic rings. The number of carbonyl (C=O) groups excluding carboxylic acids is 2. The molecule has 3 atom stereocenters. The molecule has 408 valence electrons. The SMILES string of the molecule is CCCCCCCC/C=C\CCCCCC(=O)OC(/C=C/CCCCCCCCCCC)C(COP(=O)([O-])OCC[N+](C)(C)C)NC(=O)CCCCCCCCCCCCCCCCCCCCC. The van der Waals surface area contributed by atoms with E-state index >= 15 is 0 Å². The first-order chi connectivity index (χ1) is 33.4. The third-order valence-electron chi connectivity index (χ3n) is 13.4. The molecule has 0 saturated heterocycles. The van der Waals surface area contributed by atoms with E-state index in [1.54, 1.807) is 0 Å². The highest BCUT2D eigenvalue weighted by molar-refractivity contribution is 7.45. The second-order valence-electron chi connectivity index (χ2n) is 21.5. The molecule has 0 fully saturated rings. The number of quaternary nitrogens is 1. The summed E-state index contributed by atoms with van der Waals surface area (Å²) in [6.45, 7) is 6.85. The maximum atomic E-state index is 13.5. The van der Waals surface area contributed by atoms with Crippen LogP contribution in [0.3, 0.4) is 0 Å². The van der Waals surface area contributed by atoms with Gasteiger partial charge in [0.15, 0.2) is 0 Å². The monoisotopic (exact) mass is 995 g/mol. The highest BCUT2D eigenvalue weighted by atomic mass is 31.2. The van der Waals surface area contributed by atoms with E-state index in [0.29, 0.717) is 23.9 Å². The standard InChI is InChI=1S/C59H115N2O7P/c1-7-10-13-16-19-22-25-27-28-29-30-31-32-34-36-39-42-45-48-51-58(62)60-56(55-67-69(64,65)66-54-53-61(4,5)6)57(50-47-44-41-38-35-24-21-18-15-12-9-3)68-59(63)52-49-46-43-40-37-33-26-23-20-17-14-11-8-2/h33,37,47,50,56-57H,7-32,34-36,38-46,48-49,51-55H2,1-6H3,(H-,60,62,64,65)/b37-33-,50-47+. The molecule has 1 N–H and O–H groups in total. The molecule has 0 saturated carbocycles. The van der Waals surface area contributed by atoms with Gasteiger partial charge in [-0.05, 0) is 57.4 Å². The Bertz CT molecular complexity index is 1240. The number of hydrogen-bond donors (Lipinski definition) is 1. The summed E-state index contributed by atoms with van der Waals surface area (Å²) in [5.41, 5.74) is 0. The Kier molecular flexibility index (Phi) is 48.9. The van der Waals surface area contributed by atoms with Crippen molar-refractivity contribution in [3.63, 3.8) is 0 Å². The normalized spacial score (nSPS) is 13.9. The summed E-state index contributed by atoms with van der Waals surface area (Å²) >= 11 is 0. The molecule has 69 heavy (non-hydrogen) atoms. The van der Waals surface area contributed by atoms with Crippen molar-refractivity contribution in [1.29, 1.82) is 0 Å². The van der Waals surface area contributed by atoms with Gasteiger partial charge in [-0.3, -0.25) is 14.2 Å². The lowest BCUT2D eigenvalue weighted by molar-refractivity contribution is -0.870. The summed E-state index contributed by atoms with van der Waals surface area (Å²) in [5.74, 6) is -0.547. The molecular weight excluding hydrogens is 880 g/mol. The van der Waals surface area contributed by atoms with Gasteiger partial charge in [-0.25, -0.2) is 0 Å². The minimum atomic E-state index is -4.69. The summed E-state index contributed by atoms with van der Waals surface area (Å²) in [6, 6.07) is -0.887. The lowest BCUT2D eigenvalue weighted by Gasteiger charge is -2.30. The Morgan fingerprint density at radius 3 is 1.25 bits per heavy atom. The maximum absolute atomic E-state index is 13.5. The molecule has 0 aliphatic heterocycles. The number of nitrogens with zero attached hydrogens (tertiary/aromatic N) is 1. The molecule has 3 unspecified atom stereocenters. The van der Waals surface area contributed by atoms with Crippen LogP contribution in [-0.2, 0) is 27.9 Å². The minimum absolute atomic E-state index is 0.0212. The van der Waals surface area contributed by atoms with E-state index in [0.717, 1.165) is 64.2 Å². The number of allylic oxidation sites excluding steroid dienone is 3. The van der Waals surface area contributed by atoms with Crippen LogP contribution in [0.2, 0.25) is 0 Å². The van der Waals surface area contributed by atoms with Crippen molar-refractivity contribution in [3.05, 3.63) is 24.3 Å². The van der Waals surface area contributed by atoms with Crippen LogP contribution in [-0.4, -0.2) is 69.4 Å². The number of nitrogens with one attached hydrogen (secondary N) is 1. The van der Waals surface area contributed by atoms with Gasteiger partial charge in [0.05, 0.1) is 33.8 Å². The van der Waals surface area contributed by atoms with E-state index in [9.17, 15) is 19.0 Å². The maximum Gasteiger partial charge on any atom is 0.306 e. The molecule has 0 heterocycles. The highest BCUT2D eigenvalue weighted by Gasteiger charge is 2.27. The predicted octanol–water partition coefficient (Wildman–Crippen LogP) is 17.1. The number of phosphoric acid groups is 1. The Balaban J connectivity index is 5.23. The lowest BCUT2D eigenvalue weighted by atomic mass is 10.0. The van der Waals surface area contributed by atoms with E-state index in [1.807, 2.05) is 33.3 Å². The zero-order valence-electron chi connectivity index (χ0n) is 46.5. The van der Waals surface area contributed by atoms with Crippen LogP contribution in [0.25, 0.3) is 0 Å². The third kappa shape index (κ3) is 51.2. The largest absolute Gasteiger partial charge is 0.756 e. The summed E-state index contributed by atoms with van der Waals surface area (Å²) in [4.78, 5) is 39.8. The second kappa shape index (κ2) is 50.0. The molecule has 0 spiro atoms. The Hall–Kier alpha value is -1.51. The molecule has 0 aromatic carbocycles. The van der Waals surface area contributed by atoms with Crippen molar-refractivity contribution in [2.45, 2.75) is 303 Å². The fraction of sp³-hybridized carbons (Fsp3) is 0.898.